The van der Waals surface area contributed by atoms with E-state index in [1.165, 1.54) is 0 Å². The number of aryl methyl sites for hydroxylation is 4. The molecular formula is C40H49F4N7O4. The van der Waals surface area contributed by atoms with Crippen LogP contribution >= 0.6 is 0 Å². The van der Waals surface area contributed by atoms with Gasteiger partial charge in [-0.25, -0.2) is 17.6 Å². The molecule has 1 aliphatic heterocycles. The smallest absolute Gasteiger partial charge is 0.248 e. The number of rotatable bonds is 8. The predicted molar refractivity (Wildman–Crippen MR) is 203 cm³/mol. The van der Waals surface area contributed by atoms with E-state index < -0.39 is 17.9 Å². The molecule has 2 aromatic heterocycles. The highest BCUT2D eigenvalue weighted by molar-refractivity contribution is 6.00. The Morgan fingerprint density at radius 2 is 1.24 bits per heavy atom. The minimum atomic E-state index is -2.61. The van der Waals surface area contributed by atoms with Crippen molar-refractivity contribution in [2.75, 3.05) is 21.7 Å². The number of nitrogens with one attached hydrogen (secondary N) is 4. The fraction of sp³-hybridized carbons (Fsp3) is 0.500. The highest BCUT2D eigenvalue weighted by Gasteiger charge is 2.36. The van der Waals surface area contributed by atoms with Crippen LogP contribution in [-0.2, 0) is 9.59 Å². The first-order valence-corrected chi connectivity index (χ1v) is 18.9. The van der Waals surface area contributed by atoms with Gasteiger partial charge < -0.3 is 36.0 Å². The number of nitrogens with zero attached hydrogens (tertiary/aromatic N) is 2. The first-order valence-electron chi connectivity index (χ1n) is 18.9. The number of carbonyl (C=O) groups is 2. The number of nitrogens with two attached hydrogens (primary N) is 1. The zero-order valence-corrected chi connectivity index (χ0v) is 31.6. The maximum atomic E-state index is 13.6. The van der Waals surface area contributed by atoms with Crippen LogP contribution in [0.25, 0.3) is 22.3 Å². The fourth-order valence-electron chi connectivity index (χ4n) is 7.60. The molecule has 6 N–H and O–H groups in total. The van der Waals surface area contributed by atoms with E-state index in [0.29, 0.717) is 67.8 Å². The quantitative estimate of drug-likeness (QED) is 0.0871. The van der Waals surface area contributed by atoms with Crippen molar-refractivity contribution in [1.82, 2.24) is 15.6 Å². The molecule has 2 aromatic carbocycles. The number of nitrogen functional groups attached to an aromatic ring is 1. The maximum Gasteiger partial charge on any atom is 0.248 e. The van der Waals surface area contributed by atoms with E-state index in [-0.39, 0.29) is 49.6 Å². The summed E-state index contributed by atoms with van der Waals surface area (Å²) in [4.78, 5) is 24.6. The van der Waals surface area contributed by atoms with Crippen LogP contribution in [0.15, 0.2) is 45.4 Å². The van der Waals surface area contributed by atoms with Crippen molar-refractivity contribution in [1.29, 1.82) is 0 Å². The zero-order valence-electron chi connectivity index (χ0n) is 31.6. The Kier molecular flexibility index (Phi) is 11.8. The normalized spacial score (nSPS) is 19.9. The number of amides is 2. The third kappa shape index (κ3) is 9.78. The maximum absolute atomic E-state index is 13.6. The second kappa shape index (κ2) is 16.3. The SMILES string of the molecule is Cc1noc(C)c1-c1ccc(NC2CCC(F)(F)CC2)c(N)c1.Cc1noc(C)c1-c1ccc(NC2CCC(F)(F)CC2)c(NC(=O)[C@@H]2CCCC(=O)N2)c1. The molecule has 0 spiro atoms. The fourth-order valence-corrected chi connectivity index (χ4v) is 7.60. The molecule has 1 saturated heterocycles. The second-order valence-electron chi connectivity index (χ2n) is 15.0. The number of alkyl halides is 4. The lowest BCUT2D eigenvalue weighted by molar-refractivity contribution is -0.128. The van der Waals surface area contributed by atoms with E-state index >= 15 is 0 Å². The molecule has 4 aromatic rings. The predicted octanol–water partition coefficient (Wildman–Crippen LogP) is 9.09. The first-order chi connectivity index (χ1) is 26.1. The summed E-state index contributed by atoms with van der Waals surface area (Å²) in [5.74, 6) is -4.15. The van der Waals surface area contributed by atoms with Crippen LogP contribution in [0, 0.1) is 27.7 Å². The number of aromatic nitrogens is 2. The topological polar surface area (TPSA) is 160 Å². The molecule has 0 radical (unpaired) electrons. The number of halogens is 4. The Morgan fingerprint density at radius 1 is 0.745 bits per heavy atom. The van der Waals surface area contributed by atoms with E-state index in [2.05, 4.69) is 31.6 Å². The highest BCUT2D eigenvalue weighted by atomic mass is 19.3. The van der Waals surface area contributed by atoms with Gasteiger partial charge in [0.15, 0.2) is 0 Å². The van der Waals surface area contributed by atoms with Crippen molar-refractivity contribution < 1.29 is 36.2 Å². The summed E-state index contributed by atoms with van der Waals surface area (Å²) >= 11 is 0. The van der Waals surface area contributed by atoms with Gasteiger partial charge in [0.1, 0.15) is 17.6 Å². The summed E-state index contributed by atoms with van der Waals surface area (Å²) in [6.07, 6.45) is 2.82. The van der Waals surface area contributed by atoms with Crippen molar-refractivity contribution in [3.8, 4) is 22.3 Å². The minimum Gasteiger partial charge on any atom is -0.397 e. The molecule has 3 aliphatic rings. The molecule has 1 atom stereocenters. The van der Waals surface area contributed by atoms with E-state index in [1.807, 2.05) is 64.1 Å². The number of piperidine rings is 1. The number of anilines is 4. The largest absolute Gasteiger partial charge is 0.397 e. The summed E-state index contributed by atoms with van der Waals surface area (Å²) in [6, 6.07) is 10.6. The average Bonchev–Trinajstić information content (AvgIpc) is 3.66. The molecule has 2 saturated carbocycles. The van der Waals surface area contributed by atoms with Gasteiger partial charge in [-0.15, -0.1) is 0 Å². The summed E-state index contributed by atoms with van der Waals surface area (Å²) < 4.78 is 64.0. The van der Waals surface area contributed by atoms with Gasteiger partial charge >= 0.3 is 0 Å². The molecule has 55 heavy (non-hydrogen) atoms. The van der Waals surface area contributed by atoms with Crippen molar-refractivity contribution in [2.24, 2.45) is 0 Å². The monoisotopic (exact) mass is 767 g/mol. The molecule has 296 valence electrons. The standard InChI is InChI=1S/C23H28F2N4O3.C17H21F2N3O/c1-13-21(14(2)32-29-13)15-6-7-17(26-16-8-10-23(24,25)11-9-16)19(12-15)28-22(31)18-4-3-5-20(30)27-18;1-10-16(11(2)23-22-10)12-3-4-15(14(20)9-12)21-13-5-7-17(18,19)8-6-13/h6-7,12,16,18,26H,3-5,8-11H2,1-2H3,(H,27,30)(H,28,31);3-4,9,13,21H,5-8,20H2,1-2H3/t18-;/m0./s1. The lowest BCUT2D eigenvalue weighted by Crippen LogP contribution is -2.46. The minimum absolute atomic E-state index is 0.0434. The molecule has 3 fully saturated rings. The van der Waals surface area contributed by atoms with Gasteiger partial charge in [-0.1, -0.05) is 22.4 Å². The average molecular weight is 768 g/mol. The first kappa shape index (κ1) is 39.6. The van der Waals surface area contributed by atoms with Gasteiger partial charge in [0, 0.05) is 55.3 Å². The van der Waals surface area contributed by atoms with Crippen LogP contribution in [-0.4, -0.2) is 52.1 Å². The van der Waals surface area contributed by atoms with Gasteiger partial charge in [-0.2, -0.15) is 0 Å². The molecule has 2 aliphatic carbocycles. The Labute approximate surface area is 317 Å². The molecule has 0 bridgehead atoms. The van der Waals surface area contributed by atoms with Crippen molar-refractivity contribution >= 4 is 34.6 Å². The van der Waals surface area contributed by atoms with Gasteiger partial charge in [0.05, 0.1) is 34.1 Å². The van der Waals surface area contributed by atoms with Crippen LogP contribution in [0.3, 0.4) is 0 Å². The van der Waals surface area contributed by atoms with Crippen LogP contribution in [0.5, 0.6) is 0 Å². The second-order valence-corrected chi connectivity index (χ2v) is 15.0. The van der Waals surface area contributed by atoms with Crippen molar-refractivity contribution in [3.63, 3.8) is 0 Å². The number of benzene rings is 2. The third-order valence-electron chi connectivity index (χ3n) is 10.7. The molecule has 15 heteroatoms. The molecule has 2 amide bonds. The summed E-state index contributed by atoms with van der Waals surface area (Å²) in [5.41, 5.74) is 13.8. The molecule has 7 rings (SSSR count). The Hall–Kier alpha value is -5.08. The molecular weight excluding hydrogens is 718 g/mol. The molecule has 3 heterocycles. The van der Waals surface area contributed by atoms with E-state index in [0.717, 1.165) is 45.1 Å². The Bertz CT molecular complexity index is 1950. The molecule has 0 unspecified atom stereocenters. The van der Waals surface area contributed by atoms with Gasteiger partial charge in [-0.05, 0) is 102 Å². The third-order valence-corrected chi connectivity index (χ3v) is 10.7. The number of hydrogen-bond donors (Lipinski definition) is 5. The van der Waals surface area contributed by atoms with Gasteiger partial charge in [0.2, 0.25) is 23.7 Å². The van der Waals surface area contributed by atoms with E-state index in [4.69, 9.17) is 14.8 Å². The number of hydrogen-bond acceptors (Lipinski definition) is 9. The Morgan fingerprint density at radius 3 is 1.71 bits per heavy atom. The summed E-state index contributed by atoms with van der Waals surface area (Å²) in [6.45, 7) is 7.41. The number of carbonyl (C=O) groups excluding carboxylic acids is 2. The van der Waals surface area contributed by atoms with E-state index in [9.17, 15) is 27.2 Å². The zero-order chi connectivity index (χ0) is 39.5. The van der Waals surface area contributed by atoms with E-state index in [1.54, 1.807) is 0 Å². The van der Waals surface area contributed by atoms with Crippen LogP contribution < -0.4 is 27.0 Å². The Balaban J connectivity index is 0.000000197. The van der Waals surface area contributed by atoms with Crippen LogP contribution in [0.4, 0.5) is 40.3 Å². The van der Waals surface area contributed by atoms with Gasteiger partial charge in [-0.3, -0.25) is 9.59 Å². The summed E-state index contributed by atoms with van der Waals surface area (Å²) in [7, 11) is 0. The highest BCUT2D eigenvalue weighted by Crippen LogP contribution is 2.39. The van der Waals surface area contributed by atoms with Crippen LogP contribution in [0.2, 0.25) is 0 Å². The summed E-state index contributed by atoms with van der Waals surface area (Å²) in [5, 5.41) is 20.2. The van der Waals surface area contributed by atoms with Crippen molar-refractivity contribution in [3.05, 3.63) is 59.3 Å². The lowest BCUT2D eigenvalue weighted by atomic mass is 9.92. The van der Waals surface area contributed by atoms with Gasteiger partial charge in [0.25, 0.3) is 0 Å². The van der Waals surface area contributed by atoms with Crippen molar-refractivity contribution in [2.45, 2.75) is 128 Å². The van der Waals surface area contributed by atoms with Crippen LogP contribution in [0.1, 0.15) is 93.5 Å². The lowest BCUT2D eigenvalue weighted by Gasteiger charge is -2.30. The molecule has 11 nitrogen and oxygen atoms in total.